The summed E-state index contributed by atoms with van der Waals surface area (Å²) in [7, 11) is 0. The Morgan fingerprint density at radius 3 is 2.48 bits per heavy atom. The minimum absolute atomic E-state index is 0.0521. The van der Waals surface area contributed by atoms with E-state index in [0.29, 0.717) is 13.0 Å². The lowest BCUT2D eigenvalue weighted by atomic mass is 10.1. The molecule has 0 bridgehead atoms. The molecule has 0 saturated carbocycles. The fourth-order valence-electron chi connectivity index (χ4n) is 2.45. The van der Waals surface area contributed by atoms with Gasteiger partial charge in [0.2, 0.25) is 5.91 Å². The van der Waals surface area contributed by atoms with E-state index in [9.17, 15) is 9.59 Å². The maximum Gasteiger partial charge on any atom is 0.280 e. The molecular formula is C19H26ClN9O2. The summed E-state index contributed by atoms with van der Waals surface area (Å²) in [5.74, 6) is -1.01. The van der Waals surface area contributed by atoms with Gasteiger partial charge in [-0.15, -0.1) is 0 Å². The summed E-state index contributed by atoms with van der Waals surface area (Å²) in [4.78, 5) is 35.1. The van der Waals surface area contributed by atoms with Crippen LogP contribution in [0.25, 0.3) is 0 Å². The highest BCUT2D eigenvalue weighted by Crippen LogP contribution is 2.17. The number of benzene rings is 1. The summed E-state index contributed by atoms with van der Waals surface area (Å²) in [6, 6.07) is 7.77. The number of aliphatic imine (C=N–C) groups is 1. The SMILES string of the molecule is CCC(=O)NNc1ccc(CCCCN=C(N)NC(=O)c2nc(Cl)c(N)nc2N)cc1. The molecule has 166 valence electrons. The van der Waals surface area contributed by atoms with Gasteiger partial charge in [0.05, 0.1) is 5.69 Å². The van der Waals surface area contributed by atoms with Crippen LogP contribution in [0.3, 0.4) is 0 Å². The number of guanidine groups is 1. The molecule has 11 nitrogen and oxygen atoms in total. The number of nitrogens with one attached hydrogen (secondary N) is 3. The quantitative estimate of drug-likeness (QED) is 0.143. The molecule has 0 radical (unpaired) electrons. The van der Waals surface area contributed by atoms with Crippen molar-refractivity contribution in [3.63, 3.8) is 0 Å². The first-order valence-corrected chi connectivity index (χ1v) is 10.0. The van der Waals surface area contributed by atoms with Crippen LogP contribution >= 0.6 is 11.6 Å². The lowest BCUT2D eigenvalue weighted by Crippen LogP contribution is -2.38. The zero-order valence-electron chi connectivity index (χ0n) is 17.1. The lowest BCUT2D eigenvalue weighted by molar-refractivity contribution is -0.120. The number of hydrazine groups is 1. The van der Waals surface area contributed by atoms with Crippen LogP contribution in [0.1, 0.15) is 42.2 Å². The molecule has 0 fully saturated rings. The monoisotopic (exact) mass is 447 g/mol. The number of halogens is 1. The number of aromatic nitrogens is 2. The van der Waals surface area contributed by atoms with E-state index in [1.165, 1.54) is 0 Å². The van der Waals surface area contributed by atoms with Crippen molar-refractivity contribution >= 4 is 46.7 Å². The number of hydrogen-bond acceptors (Lipinski definition) is 8. The Balaban J connectivity index is 1.73. The Labute approximate surface area is 184 Å². The first kappa shape index (κ1) is 23.7. The van der Waals surface area contributed by atoms with E-state index in [2.05, 4.69) is 31.1 Å². The second-order valence-corrected chi connectivity index (χ2v) is 6.89. The molecule has 0 unspecified atom stereocenters. The third kappa shape index (κ3) is 7.63. The Bertz CT molecular complexity index is 948. The normalized spacial score (nSPS) is 11.1. The van der Waals surface area contributed by atoms with Crippen molar-refractivity contribution in [2.75, 3.05) is 23.4 Å². The van der Waals surface area contributed by atoms with Crippen LogP contribution in [0.2, 0.25) is 5.15 Å². The van der Waals surface area contributed by atoms with Crippen molar-refractivity contribution in [1.29, 1.82) is 0 Å². The second-order valence-electron chi connectivity index (χ2n) is 6.54. The number of aryl methyl sites for hydroxylation is 1. The standard InChI is InChI=1S/C19H26ClN9O2/c1-2-13(30)29-28-12-8-6-11(7-9-12)5-3-4-10-24-19(23)27-18(31)14-16(21)26-17(22)15(20)25-14/h6-9,28H,2-5,10H2,1H3,(H,29,30)(H4,21,22,26)(H3,23,24,27,31). The molecule has 1 heterocycles. The van der Waals surface area contributed by atoms with Crippen LogP contribution in [0.5, 0.6) is 0 Å². The first-order valence-electron chi connectivity index (χ1n) is 9.63. The Hall–Kier alpha value is -3.60. The highest BCUT2D eigenvalue weighted by atomic mass is 35.5. The largest absolute Gasteiger partial charge is 0.382 e. The van der Waals surface area contributed by atoms with Gasteiger partial charge in [-0.1, -0.05) is 30.7 Å². The smallest absolute Gasteiger partial charge is 0.280 e. The third-order valence-corrected chi connectivity index (χ3v) is 4.42. The lowest BCUT2D eigenvalue weighted by Gasteiger charge is -2.08. The van der Waals surface area contributed by atoms with Crippen LogP contribution in [0.4, 0.5) is 17.3 Å². The van der Waals surface area contributed by atoms with Gasteiger partial charge in [-0.3, -0.25) is 30.7 Å². The van der Waals surface area contributed by atoms with Crippen molar-refractivity contribution in [2.24, 2.45) is 10.7 Å². The number of unbranched alkanes of at least 4 members (excludes halogenated alkanes) is 1. The van der Waals surface area contributed by atoms with Gasteiger partial charge >= 0.3 is 0 Å². The van der Waals surface area contributed by atoms with Gasteiger partial charge in [-0.05, 0) is 37.0 Å². The van der Waals surface area contributed by atoms with E-state index in [4.69, 9.17) is 28.8 Å². The predicted molar refractivity (Wildman–Crippen MR) is 121 cm³/mol. The van der Waals surface area contributed by atoms with Crippen LogP contribution in [-0.4, -0.2) is 34.3 Å². The molecule has 31 heavy (non-hydrogen) atoms. The molecule has 2 amide bonds. The summed E-state index contributed by atoms with van der Waals surface area (Å²) in [5.41, 5.74) is 24.1. The van der Waals surface area contributed by atoms with E-state index in [0.717, 1.165) is 30.5 Å². The van der Waals surface area contributed by atoms with Crippen molar-refractivity contribution in [3.05, 3.63) is 40.7 Å². The molecule has 2 aromatic rings. The minimum Gasteiger partial charge on any atom is -0.382 e. The van der Waals surface area contributed by atoms with Gasteiger partial charge in [0, 0.05) is 13.0 Å². The number of hydrogen-bond donors (Lipinski definition) is 6. The van der Waals surface area contributed by atoms with Crippen molar-refractivity contribution in [3.8, 4) is 0 Å². The van der Waals surface area contributed by atoms with Crippen LogP contribution < -0.4 is 33.4 Å². The molecule has 0 aliphatic rings. The summed E-state index contributed by atoms with van der Waals surface area (Å²) in [5, 5.41) is 2.27. The molecule has 2 rings (SSSR count). The maximum atomic E-state index is 12.2. The predicted octanol–water partition coefficient (Wildman–Crippen LogP) is 1.21. The van der Waals surface area contributed by atoms with Crippen LogP contribution in [0.15, 0.2) is 29.3 Å². The second kappa shape index (κ2) is 11.6. The number of nitrogens with two attached hydrogens (primary N) is 3. The first-order chi connectivity index (χ1) is 14.8. The van der Waals surface area contributed by atoms with Gasteiger partial charge in [0.25, 0.3) is 5.91 Å². The third-order valence-electron chi connectivity index (χ3n) is 4.14. The molecule has 1 aromatic heterocycles. The van der Waals surface area contributed by atoms with E-state index in [1.54, 1.807) is 6.92 Å². The number of nitrogen functional groups attached to an aromatic ring is 2. The number of carbonyl (C=O) groups excluding carboxylic acids is 2. The molecule has 12 heteroatoms. The molecule has 9 N–H and O–H groups in total. The zero-order chi connectivity index (χ0) is 22.8. The molecular weight excluding hydrogens is 422 g/mol. The number of nitrogens with zero attached hydrogens (tertiary/aromatic N) is 3. The number of carbonyl (C=O) groups is 2. The van der Waals surface area contributed by atoms with Crippen molar-refractivity contribution in [1.82, 2.24) is 20.7 Å². The average molecular weight is 448 g/mol. The number of anilines is 3. The summed E-state index contributed by atoms with van der Waals surface area (Å²) in [6.45, 7) is 2.23. The van der Waals surface area contributed by atoms with Gasteiger partial charge < -0.3 is 17.2 Å². The maximum absolute atomic E-state index is 12.2. The average Bonchev–Trinajstić information content (AvgIpc) is 2.75. The topological polar surface area (TPSA) is 186 Å². The van der Waals surface area contributed by atoms with E-state index < -0.39 is 5.91 Å². The molecule has 0 spiro atoms. The Morgan fingerprint density at radius 2 is 1.81 bits per heavy atom. The fourth-order valence-corrected chi connectivity index (χ4v) is 2.58. The van der Waals surface area contributed by atoms with Crippen LogP contribution in [-0.2, 0) is 11.2 Å². The van der Waals surface area contributed by atoms with Crippen molar-refractivity contribution in [2.45, 2.75) is 32.6 Å². The molecule has 1 aromatic carbocycles. The highest BCUT2D eigenvalue weighted by Gasteiger charge is 2.16. The van der Waals surface area contributed by atoms with Gasteiger partial charge in [0.15, 0.2) is 28.4 Å². The minimum atomic E-state index is -0.669. The zero-order valence-corrected chi connectivity index (χ0v) is 17.9. The van der Waals surface area contributed by atoms with E-state index in [-0.39, 0.29) is 34.3 Å². The number of amides is 2. The summed E-state index contributed by atoms with van der Waals surface area (Å²) in [6.07, 6.45) is 2.94. The van der Waals surface area contributed by atoms with E-state index in [1.807, 2.05) is 24.3 Å². The van der Waals surface area contributed by atoms with Gasteiger partial charge in [0.1, 0.15) is 0 Å². The van der Waals surface area contributed by atoms with Crippen LogP contribution in [0, 0.1) is 0 Å². The Morgan fingerprint density at radius 1 is 1.10 bits per heavy atom. The molecule has 0 saturated heterocycles. The van der Waals surface area contributed by atoms with Gasteiger partial charge in [-0.2, -0.15) is 0 Å². The van der Waals surface area contributed by atoms with E-state index >= 15 is 0 Å². The molecule has 0 aliphatic carbocycles. The summed E-state index contributed by atoms with van der Waals surface area (Å²) >= 11 is 5.76. The van der Waals surface area contributed by atoms with Gasteiger partial charge in [-0.25, -0.2) is 9.97 Å². The highest BCUT2D eigenvalue weighted by molar-refractivity contribution is 6.31. The number of rotatable bonds is 9. The fraction of sp³-hybridized carbons (Fsp3) is 0.316. The molecule has 0 atom stereocenters. The molecule has 0 aliphatic heterocycles. The Kier molecular flexibility index (Phi) is 8.82. The summed E-state index contributed by atoms with van der Waals surface area (Å²) < 4.78 is 0. The van der Waals surface area contributed by atoms with Crippen molar-refractivity contribution < 1.29 is 9.59 Å².